The molecule has 6 nitrogen and oxygen atoms in total. The number of fused-ring (bicyclic) bond motifs is 5. The van der Waals surface area contributed by atoms with Crippen LogP contribution in [0.3, 0.4) is 0 Å². The average molecular weight is 656 g/mol. The zero-order valence-electron chi connectivity index (χ0n) is 27.2. The third-order valence-electron chi connectivity index (χ3n) is 11.5. The summed E-state index contributed by atoms with van der Waals surface area (Å²) in [5.41, 5.74) is 8.15. The summed E-state index contributed by atoms with van der Waals surface area (Å²) in [6.07, 6.45) is 6.42. The Kier molecular flexibility index (Phi) is 8.05. The summed E-state index contributed by atoms with van der Waals surface area (Å²) in [5.74, 6) is 2.04. The lowest BCUT2D eigenvalue weighted by atomic mass is 9.55. The molecule has 0 radical (unpaired) electrons. The highest BCUT2D eigenvalue weighted by molar-refractivity contribution is 7.07. The van der Waals surface area contributed by atoms with Gasteiger partial charge in [0.2, 0.25) is 4.80 Å². The predicted molar refractivity (Wildman–Crippen MR) is 192 cm³/mol. The second kappa shape index (κ2) is 12.5. The van der Waals surface area contributed by atoms with Crippen molar-refractivity contribution in [1.29, 1.82) is 0 Å². The molecular weight excluding hydrogens is 615 g/mol. The Morgan fingerprint density at radius 3 is 2.42 bits per heavy atom. The molecule has 1 aromatic heterocycles. The van der Waals surface area contributed by atoms with Crippen molar-refractivity contribution < 1.29 is 15.3 Å². The Morgan fingerprint density at radius 2 is 1.65 bits per heavy atom. The summed E-state index contributed by atoms with van der Waals surface area (Å²) in [6, 6.07) is 31.7. The van der Waals surface area contributed by atoms with Gasteiger partial charge in [0.05, 0.1) is 17.5 Å². The highest BCUT2D eigenvalue weighted by Gasteiger charge is 2.54. The van der Waals surface area contributed by atoms with E-state index in [9.17, 15) is 15.3 Å². The number of hydrogen-bond donors (Lipinski definition) is 3. The van der Waals surface area contributed by atoms with E-state index < -0.39 is 0 Å². The first-order valence-electron chi connectivity index (χ1n) is 17.1. The van der Waals surface area contributed by atoms with Crippen molar-refractivity contribution >= 4 is 17.0 Å². The molecule has 3 aliphatic rings. The summed E-state index contributed by atoms with van der Waals surface area (Å²) in [5, 5.41) is 44.2. The Hall–Kier alpha value is -4.46. The van der Waals surface area contributed by atoms with Crippen molar-refractivity contribution in [2.75, 3.05) is 0 Å². The number of phenolic OH excluding ortho intramolecular Hbond substituents is 2. The third-order valence-corrected chi connectivity index (χ3v) is 12.3. The first-order chi connectivity index (χ1) is 23.4. The number of aromatic nitrogens is 1. The largest absolute Gasteiger partial charge is 0.508 e. The number of hydrogen-bond acceptors (Lipinski definition) is 6. The first-order valence-corrected chi connectivity index (χ1v) is 18.0. The fourth-order valence-corrected chi connectivity index (χ4v) is 9.78. The number of thiazole rings is 1. The van der Waals surface area contributed by atoms with Crippen LogP contribution in [-0.4, -0.2) is 31.7 Å². The fourth-order valence-electron chi connectivity index (χ4n) is 8.92. The number of para-hydroxylation sites is 1. The minimum Gasteiger partial charge on any atom is -0.508 e. The van der Waals surface area contributed by atoms with Crippen molar-refractivity contribution in [3.8, 4) is 28.4 Å². The molecule has 5 atom stereocenters. The molecule has 3 N–H and O–H groups in total. The molecule has 2 fully saturated rings. The smallest absolute Gasteiger partial charge is 0.215 e. The van der Waals surface area contributed by atoms with Gasteiger partial charge in [-0.2, -0.15) is 5.10 Å². The lowest BCUT2D eigenvalue weighted by Gasteiger charge is -2.50. The van der Waals surface area contributed by atoms with Gasteiger partial charge in [0.25, 0.3) is 0 Å². The van der Waals surface area contributed by atoms with Crippen molar-refractivity contribution in [2.24, 2.45) is 27.5 Å². The van der Waals surface area contributed by atoms with E-state index >= 15 is 0 Å². The lowest BCUT2D eigenvalue weighted by molar-refractivity contribution is -0.0226. The number of nitrogens with zero attached hydrogens (tertiary/aromatic N) is 3. The summed E-state index contributed by atoms with van der Waals surface area (Å²) >= 11 is 1.54. The van der Waals surface area contributed by atoms with Crippen LogP contribution in [0.5, 0.6) is 11.5 Å². The van der Waals surface area contributed by atoms with Crippen molar-refractivity contribution in [1.82, 2.24) is 4.57 Å². The van der Waals surface area contributed by atoms with Gasteiger partial charge in [-0.3, -0.25) is 4.57 Å². The Balaban J connectivity index is 1.20. The van der Waals surface area contributed by atoms with Gasteiger partial charge in [-0.15, -0.1) is 16.4 Å². The molecule has 3 aliphatic carbocycles. The van der Waals surface area contributed by atoms with Crippen molar-refractivity contribution in [3.05, 3.63) is 129 Å². The molecule has 0 spiro atoms. The number of aliphatic hydroxyl groups is 1. The van der Waals surface area contributed by atoms with Gasteiger partial charge < -0.3 is 15.3 Å². The first kappa shape index (κ1) is 30.8. The standard InChI is InChI=1S/C41H41N3O3S/c1-41-21-20-32-33(35(41)18-19-39(41)47)17-14-28-24-38(46)29(22-34(28)32)23-36(26-12-15-31(45)16-13-26)42-43-40-44(30-10-6-3-7-11-30)37(25-48-40)27-8-4-2-5-9-27/h2-13,15-16,22,24-25,32-33,35,39,45-47H,14,17-21,23H2,1H3/b42-36-,43-40-/t32-,33+,35-,39-,41-/m0/s1. The monoisotopic (exact) mass is 655 g/mol. The number of aromatic hydroxyl groups is 2. The second-order valence-electron chi connectivity index (χ2n) is 14.0. The van der Waals surface area contributed by atoms with Crippen LogP contribution in [-0.2, 0) is 12.8 Å². The Labute approximate surface area is 285 Å². The van der Waals surface area contributed by atoms with E-state index in [0.717, 1.165) is 71.4 Å². The summed E-state index contributed by atoms with van der Waals surface area (Å²) in [7, 11) is 0. The summed E-state index contributed by atoms with van der Waals surface area (Å²) in [4.78, 5) is 0.734. The van der Waals surface area contributed by atoms with E-state index in [1.807, 2.05) is 54.6 Å². The quantitative estimate of drug-likeness (QED) is 0.127. The molecule has 0 bridgehead atoms. The third kappa shape index (κ3) is 5.49. The topological polar surface area (TPSA) is 90.3 Å². The average Bonchev–Trinajstić information content (AvgIpc) is 3.68. The van der Waals surface area contributed by atoms with Crippen LogP contribution in [0.4, 0.5) is 0 Å². The van der Waals surface area contributed by atoms with Crippen LogP contribution in [0.2, 0.25) is 0 Å². The Bertz CT molecular complexity index is 2030. The molecule has 7 heteroatoms. The van der Waals surface area contributed by atoms with Crippen LogP contribution >= 0.6 is 11.3 Å². The fraction of sp³-hybridized carbons (Fsp3) is 0.317. The minimum atomic E-state index is -0.194. The molecule has 4 aromatic carbocycles. The van der Waals surface area contributed by atoms with Crippen molar-refractivity contribution in [2.45, 2.75) is 63.9 Å². The molecule has 1 heterocycles. The number of aliphatic hydroxyl groups excluding tert-OH is 1. The van der Waals surface area contributed by atoms with E-state index in [0.29, 0.717) is 29.9 Å². The molecule has 0 amide bonds. The van der Waals surface area contributed by atoms with Crippen molar-refractivity contribution in [3.63, 3.8) is 0 Å². The van der Waals surface area contributed by atoms with E-state index in [1.54, 1.807) is 12.1 Å². The minimum absolute atomic E-state index is 0.0252. The van der Waals surface area contributed by atoms with Gasteiger partial charge in [-0.25, -0.2) is 0 Å². The number of rotatable bonds is 6. The van der Waals surface area contributed by atoms with Gasteiger partial charge >= 0.3 is 0 Å². The normalized spacial score (nSPS) is 25.4. The SMILES string of the molecule is C[C@]12CC[C@@H]3c4cc(C/C(=N/N=c5\scc(-c6ccccc6)n5-c5ccccc5)c5ccc(O)cc5)c(O)cc4CC[C@H]3[C@@H]1CC[C@@H]2O. The molecule has 0 aliphatic heterocycles. The Morgan fingerprint density at radius 1 is 0.896 bits per heavy atom. The van der Waals surface area contributed by atoms with E-state index in [-0.39, 0.29) is 23.0 Å². The van der Waals surface area contributed by atoms with Crippen LogP contribution in [0.25, 0.3) is 16.9 Å². The van der Waals surface area contributed by atoms with E-state index in [4.69, 9.17) is 10.2 Å². The van der Waals surface area contributed by atoms with Crippen LogP contribution in [0.1, 0.15) is 67.2 Å². The van der Waals surface area contributed by atoms with Gasteiger partial charge in [0.1, 0.15) is 11.5 Å². The highest BCUT2D eigenvalue weighted by atomic mass is 32.1. The van der Waals surface area contributed by atoms with Crippen LogP contribution < -0.4 is 4.80 Å². The van der Waals surface area contributed by atoms with Gasteiger partial charge in [-0.1, -0.05) is 61.5 Å². The molecule has 244 valence electrons. The van der Waals surface area contributed by atoms with Crippen LogP contribution in [0, 0.1) is 17.3 Å². The van der Waals surface area contributed by atoms with E-state index in [1.165, 1.54) is 22.5 Å². The van der Waals surface area contributed by atoms with Gasteiger partial charge in [-0.05, 0) is 126 Å². The molecule has 5 aromatic rings. The van der Waals surface area contributed by atoms with Gasteiger partial charge in [0, 0.05) is 23.1 Å². The summed E-state index contributed by atoms with van der Waals surface area (Å²) < 4.78 is 2.13. The zero-order valence-corrected chi connectivity index (χ0v) is 28.0. The maximum Gasteiger partial charge on any atom is 0.215 e. The summed E-state index contributed by atoms with van der Waals surface area (Å²) in [6.45, 7) is 2.31. The molecule has 0 unspecified atom stereocenters. The number of aryl methyl sites for hydroxylation is 1. The predicted octanol–water partition coefficient (Wildman–Crippen LogP) is 8.38. The number of benzene rings is 4. The molecular formula is C41H41N3O3S. The van der Waals surface area contributed by atoms with E-state index in [2.05, 4.69) is 47.2 Å². The maximum absolute atomic E-state index is 11.4. The van der Waals surface area contributed by atoms with Crippen LogP contribution in [0.15, 0.2) is 113 Å². The number of phenols is 2. The zero-order chi connectivity index (χ0) is 32.8. The molecule has 0 saturated heterocycles. The molecule has 8 rings (SSSR count). The lowest BCUT2D eigenvalue weighted by Crippen LogP contribution is -2.43. The second-order valence-corrected chi connectivity index (χ2v) is 14.9. The maximum atomic E-state index is 11.4. The van der Waals surface area contributed by atoms with Gasteiger partial charge in [0.15, 0.2) is 0 Å². The molecule has 48 heavy (non-hydrogen) atoms. The highest BCUT2D eigenvalue weighted by Crippen LogP contribution is 2.61. The molecule has 2 saturated carbocycles.